The highest BCUT2D eigenvalue weighted by atomic mass is 32.2. The average molecular weight is 641 g/mol. The van der Waals surface area contributed by atoms with E-state index >= 15 is 0 Å². The second-order valence-corrected chi connectivity index (χ2v) is 12.5. The molecule has 0 saturated carbocycles. The van der Waals surface area contributed by atoms with Crippen LogP contribution in [0.25, 0.3) is 10.4 Å². The summed E-state index contributed by atoms with van der Waals surface area (Å²) in [5.74, 6) is 1.84. The van der Waals surface area contributed by atoms with E-state index in [9.17, 15) is 13.2 Å². The maximum absolute atomic E-state index is 14.1. The van der Waals surface area contributed by atoms with Gasteiger partial charge in [0.25, 0.3) is 5.90 Å². The Balaban J connectivity index is 1.64. The van der Waals surface area contributed by atoms with Crippen LogP contribution in [0.1, 0.15) is 26.3 Å². The first-order valence-corrected chi connectivity index (χ1v) is 16.4. The Morgan fingerprint density at radius 2 is 1.70 bits per heavy atom. The van der Waals surface area contributed by atoms with Gasteiger partial charge >= 0.3 is 6.18 Å². The van der Waals surface area contributed by atoms with Crippen molar-refractivity contribution in [3.63, 3.8) is 0 Å². The fourth-order valence-electron chi connectivity index (χ4n) is 4.38. The number of nitrogens with zero attached hydrogens (tertiary/aromatic N) is 4. The first kappa shape index (κ1) is 35.1. The molecule has 8 nitrogen and oxygen atoms in total. The third kappa shape index (κ3) is 12.2. The van der Waals surface area contributed by atoms with Crippen LogP contribution in [-0.2, 0) is 25.6 Å². The molecule has 0 N–H and O–H groups in total. The molecule has 236 valence electrons. The number of ether oxygens (including phenoxy) is 4. The number of rotatable bonds is 16. The second kappa shape index (κ2) is 18.4. The minimum absolute atomic E-state index is 0.0718. The standard InChI is InChI=1S/C30H39F3N4O4S2/c1-21(18-42-15-14-35-37-34)19-43-20-38-17-26-22(2)23(3)27(39-16-24-10-6-4-7-11-24)28(40-26)41-29(30(31,32)33)36-25-12-8-5-9-13-25/h4-13,21-23,26-28H,14-20H2,1-3H3/t21?,22-,23-,26?,27?,28+/m0/s1. The van der Waals surface area contributed by atoms with Crippen molar-refractivity contribution in [3.05, 3.63) is 76.7 Å². The van der Waals surface area contributed by atoms with Crippen LogP contribution in [0.2, 0.25) is 0 Å². The van der Waals surface area contributed by atoms with Crippen LogP contribution >= 0.6 is 23.5 Å². The van der Waals surface area contributed by atoms with E-state index < -0.39 is 30.6 Å². The first-order valence-electron chi connectivity index (χ1n) is 14.1. The minimum Gasteiger partial charge on any atom is -0.441 e. The molecule has 2 aromatic carbocycles. The molecule has 1 heterocycles. The second-order valence-electron chi connectivity index (χ2n) is 10.4. The zero-order chi connectivity index (χ0) is 31.1. The predicted molar refractivity (Wildman–Crippen MR) is 166 cm³/mol. The summed E-state index contributed by atoms with van der Waals surface area (Å²) in [6, 6.07) is 17.3. The molecule has 1 saturated heterocycles. The molecule has 0 amide bonds. The van der Waals surface area contributed by atoms with Crippen molar-refractivity contribution in [2.24, 2.45) is 27.9 Å². The van der Waals surface area contributed by atoms with E-state index in [1.54, 1.807) is 41.7 Å². The maximum atomic E-state index is 14.1. The highest BCUT2D eigenvalue weighted by Gasteiger charge is 2.48. The molecular weight excluding hydrogens is 601 g/mol. The summed E-state index contributed by atoms with van der Waals surface area (Å²) < 4.78 is 66.0. The van der Waals surface area contributed by atoms with E-state index in [4.69, 9.17) is 24.5 Å². The Bertz CT molecular complexity index is 1160. The molecule has 0 aromatic heterocycles. The van der Waals surface area contributed by atoms with Crippen molar-refractivity contribution in [1.82, 2.24) is 0 Å². The van der Waals surface area contributed by atoms with Crippen LogP contribution in [0.3, 0.4) is 0 Å². The number of hydrogen-bond acceptors (Lipinski definition) is 8. The van der Waals surface area contributed by atoms with Gasteiger partial charge in [-0.15, -0.1) is 11.8 Å². The molecule has 6 atom stereocenters. The number of hydrogen-bond donors (Lipinski definition) is 0. The van der Waals surface area contributed by atoms with Crippen molar-refractivity contribution >= 4 is 35.1 Å². The van der Waals surface area contributed by atoms with Crippen molar-refractivity contribution in [1.29, 1.82) is 0 Å². The average Bonchev–Trinajstić information content (AvgIpc) is 2.99. The monoisotopic (exact) mass is 640 g/mol. The lowest BCUT2D eigenvalue weighted by Gasteiger charge is -2.44. The third-order valence-corrected chi connectivity index (χ3v) is 9.32. The van der Waals surface area contributed by atoms with E-state index in [0.29, 0.717) is 18.4 Å². The van der Waals surface area contributed by atoms with Gasteiger partial charge in [0.05, 0.1) is 30.9 Å². The van der Waals surface area contributed by atoms with Gasteiger partial charge in [-0.3, -0.25) is 0 Å². The lowest BCUT2D eigenvalue weighted by atomic mass is 9.83. The van der Waals surface area contributed by atoms with Crippen molar-refractivity contribution in [3.8, 4) is 0 Å². The Labute approximate surface area is 259 Å². The Kier molecular flexibility index (Phi) is 15.0. The summed E-state index contributed by atoms with van der Waals surface area (Å²) in [5.41, 5.74) is 9.35. The largest absolute Gasteiger partial charge is 0.468 e. The van der Waals surface area contributed by atoms with Gasteiger partial charge in [-0.1, -0.05) is 74.4 Å². The van der Waals surface area contributed by atoms with Gasteiger partial charge in [0.1, 0.15) is 6.10 Å². The molecule has 1 fully saturated rings. The van der Waals surface area contributed by atoms with Gasteiger partial charge in [-0.2, -0.15) is 24.9 Å². The number of para-hydroxylation sites is 1. The van der Waals surface area contributed by atoms with Crippen molar-refractivity contribution in [2.45, 2.75) is 52.1 Å². The van der Waals surface area contributed by atoms with E-state index in [-0.39, 0.29) is 30.7 Å². The smallest absolute Gasteiger partial charge is 0.441 e. The fraction of sp³-hybridized carbons (Fsp3) is 0.567. The molecule has 0 bridgehead atoms. The van der Waals surface area contributed by atoms with Gasteiger partial charge in [-0.05, 0) is 58.2 Å². The van der Waals surface area contributed by atoms with Gasteiger partial charge < -0.3 is 18.9 Å². The topological polar surface area (TPSA) is 98.0 Å². The Hall–Kier alpha value is -2.41. The molecule has 0 radical (unpaired) electrons. The molecule has 3 unspecified atom stereocenters. The number of aliphatic imine (C=N–C) groups is 1. The van der Waals surface area contributed by atoms with E-state index in [1.165, 1.54) is 12.1 Å². The summed E-state index contributed by atoms with van der Waals surface area (Å²) in [7, 11) is 0. The van der Waals surface area contributed by atoms with Crippen molar-refractivity contribution < 1.29 is 32.1 Å². The summed E-state index contributed by atoms with van der Waals surface area (Å²) >= 11 is 3.39. The number of thioether (sulfide) groups is 2. The zero-order valence-corrected chi connectivity index (χ0v) is 26.2. The lowest BCUT2D eigenvalue weighted by Crippen LogP contribution is -2.54. The van der Waals surface area contributed by atoms with Crippen molar-refractivity contribution in [2.75, 3.05) is 36.3 Å². The van der Waals surface area contributed by atoms with Crippen LogP contribution in [-0.4, -0.2) is 66.9 Å². The van der Waals surface area contributed by atoms with Gasteiger partial charge in [0, 0.05) is 11.5 Å². The van der Waals surface area contributed by atoms with Gasteiger partial charge in [0.15, 0.2) is 0 Å². The molecule has 2 aromatic rings. The van der Waals surface area contributed by atoms with Crippen LogP contribution in [0.4, 0.5) is 18.9 Å². The molecule has 13 heteroatoms. The third-order valence-electron chi connectivity index (χ3n) is 6.91. The lowest BCUT2D eigenvalue weighted by molar-refractivity contribution is -0.270. The number of alkyl halides is 3. The molecule has 0 spiro atoms. The highest BCUT2D eigenvalue weighted by Crippen LogP contribution is 2.36. The normalized spacial score (nSPS) is 23.4. The molecule has 1 aliphatic rings. The van der Waals surface area contributed by atoms with Gasteiger partial charge in [-0.25, -0.2) is 4.99 Å². The van der Waals surface area contributed by atoms with E-state index in [1.807, 2.05) is 44.2 Å². The van der Waals surface area contributed by atoms with Crippen LogP contribution in [0, 0.1) is 17.8 Å². The van der Waals surface area contributed by atoms with Crippen LogP contribution in [0.15, 0.2) is 70.8 Å². The maximum Gasteiger partial charge on any atom is 0.468 e. The SMILES string of the molecule is CC(CSCCN=[N+]=[N-])CSCOCC1O[C@H](OC(=Nc2ccccc2)C(F)(F)F)C(OCc2ccccc2)[C@@H](C)[C@@H]1C. The predicted octanol–water partition coefficient (Wildman–Crippen LogP) is 8.26. The Morgan fingerprint density at radius 1 is 1.02 bits per heavy atom. The molecule has 1 aliphatic heterocycles. The molecule has 0 aliphatic carbocycles. The summed E-state index contributed by atoms with van der Waals surface area (Å²) in [6.07, 6.45) is -7.46. The molecule has 43 heavy (non-hydrogen) atoms. The fourth-order valence-corrected chi connectivity index (χ4v) is 6.26. The summed E-state index contributed by atoms with van der Waals surface area (Å²) in [6.45, 7) is 6.95. The molecular formula is C30H39F3N4O4S2. The Morgan fingerprint density at radius 3 is 2.37 bits per heavy atom. The van der Waals surface area contributed by atoms with Crippen LogP contribution in [0.5, 0.6) is 0 Å². The minimum atomic E-state index is -4.84. The first-order chi connectivity index (χ1) is 20.7. The van der Waals surface area contributed by atoms with E-state index in [0.717, 1.165) is 22.8 Å². The highest BCUT2D eigenvalue weighted by molar-refractivity contribution is 8.00. The van der Waals surface area contributed by atoms with E-state index in [2.05, 4.69) is 21.9 Å². The molecule has 3 rings (SSSR count). The van der Waals surface area contributed by atoms with Gasteiger partial charge in [0.2, 0.25) is 6.29 Å². The summed E-state index contributed by atoms with van der Waals surface area (Å²) in [5, 5.41) is 3.53. The number of halogens is 3. The number of benzene rings is 2. The quantitative estimate of drug-likeness (QED) is 0.0349. The number of azide groups is 1. The zero-order valence-electron chi connectivity index (χ0n) is 24.6. The summed E-state index contributed by atoms with van der Waals surface area (Å²) in [4.78, 5) is 6.51. The van der Waals surface area contributed by atoms with Crippen LogP contribution < -0.4 is 0 Å².